The molecular weight excluding hydrogens is 240 g/mol. The lowest BCUT2D eigenvalue weighted by molar-refractivity contribution is 0.249. The molecular formula is C15H20N2O2. The van der Waals surface area contributed by atoms with Gasteiger partial charge in [-0.25, -0.2) is 4.98 Å². The maximum absolute atomic E-state index is 5.99. The summed E-state index contributed by atoms with van der Waals surface area (Å²) in [6.45, 7) is 4.26. The Bertz CT molecular complexity index is 571. The first kappa shape index (κ1) is 12.5. The summed E-state index contributed by atoms with van der Waals surface area (Å²) < 4.78 is 11.2. The molecule has 0 bridgehead atoms. The van der Waals surface area contributed by atoms with E-state index in [1.807, 2.05) is 18.2 Å². The lowest BCUT2D eigenvalue weighted by Gasteiger charge is -2.33. The van der Waals surface area contributed by atoms with Crippen molar-refractivity contribution in [3.8, 4) is 5.75 Å². The molecule has 1 fully saturated rings. The quantitative estimate of drug-likeness (QED) is 0.921. The molecule has 1 aromatic carbocycles. The van der Waals surface area contributed by atoms with Crippen molar-refractivity contribution in [1.29, 1.82) is 0 Å². The first-order valence-electron chi connectivity index (χ1n) is 6.93. The van der Waals surface area contributed by atoms with Crippen molar-refractivity contribution in [1.82, 2.24) is 10.3 Å². The van der Waals surface area contributed by atoms with E-state index in [0.29, 0.717) is 0 Å². The fraction of sp³-hybridized carbons (Fsp3) is 0.533. The number of rotatable bonds is 3. The molecule has 1 N–H and O–H groups in total. The van der Waals surface area contributed by atoms with Gasteiger partial charge in [0.1, 0.15) is 11.3 Å². The van der Waals surface area contributed by atoms with E-state index in [4.69, 9.17) is 14.1 Å². The molecule has 0 amide bonds. The van der Waals surface area contributed by atoms with Crippen LogP contribution >= 0.6 is 0 Å². The Morgan fingerprint density at radius 1 is 1.47 bits per heavy atom. The van der Waals surface area contributed by atoms with Crippen molar-refractivity contribution in [2.45, 2.75) is 31.6 Å². The summed E-state index contributed by atoms with van der Waals surface area (Å²) in [5, 5.41) is 3.47. The third-order valence-corrected chi connectivity index (χ3v) is 4.20. The van der Waals surface area contributed by atoms with Crippen LogP contribution in [0.25, 0.3) is 11.1 Å². The number of nitrogens with zero attached hydrogens (tertiary/aromatic N) is 1. The van der Waals surface area contributed by atoms with Gasteiger partial charge in [-0.2, -0.15) is 0 Å². The van der Waals surface area contributed by atoms with Crippen molar-refractivity contribution >= 4 is 11.1 Å². The van der Waals surface area contributed by atoms with Gasteiger partial charge < -0.3 is 14.5 Å². The number of fused-ring (bicyclic) bond motifs is 1. The summed E-state index contributed by atoms with van der Waals surface area (Å²) in [4.78, 5) is 4.70. The highest BCUT2D eigenvalue weighted by atomic mass is 16.5. The number of hydrogen-bond donors (Lipinski definition) is 1. The van der Waals surface area contributed by atoms with Crippen LogP contribution in [-0.2, 0) is 5.41 Å². The van der Waals surface area contributed by atoms with Crippen LogP contribution in [0.1, 0.15) is 32.1 Å². The van der Waals surface area contributed by atoms with E-state index in [2.05, 4.69) is 12.2 Å². The molecule has 1 atom stereocenters. The Labute approximate surface area is 113 Å². The van der Waals surface area contributed by atoms with Crippen molar-refractivity contribution in [2.24, 2.45) is 0 Å². The fourth-order valence-electron chi connectivity index (χ4n) is 2.86. The van der Waals surface area contributed by atoms with Crippen LogP contribution in [0.15, 0.2) is 22.6 Å². The molecule has 19 heavy (non-hydrogen) atoms. The van der Waals surface area contributed by atoms with Gasteiger partial charge in [-0.3, -0.25) is 0 Å². The first-order chi connectivity index (χ1) is 9.27. The van der Waals surface area contributed by atoms with Crippen LogP contribution < -0.4 is 10.1 Å². The molecule has 102 valence electrons. The van der Waals surface area contributed by atoms with Gasteiger partial charge in [0, 0.05) is 12.6 Å². The Morgan fingerprint density at radius 2 is 2.37 bits per heavy atom. The second-order valence-electron chi connectivity index (χ2n) is 5.27. The Hall–Kier alpha value is -1.55. The number of ether oxygens (including phenoxy) is 1. The van der Waals surface area contributed by atoms with Crippen LogP contribution in [0.3, 0.4) is 0 Å². The van der Waals surface area contributed by atoms with E-state index in [1.165, 1.54) is 6.42 Å². The second-order valence-corrected chi connectivity index (χ2v) is 5.27. The molecule has 0 saturated carbocycles. The summed E-state index contributed by atoms with van der Waals surface area (Å²) in [6.07, 6.45) is 3.36. The second kappa shape index (κ2) is 4.85. The normalized spacial score (nSPS) is 23.7. The Kier molecular flexibility index (Phi) is 3.19. The maximum Gasteiger partial charge on any atom is 0.202 e. The maximum atomic E-state index is 5.99. The lowest BCUT2D eigenvalue weighted by atomic mass is 9.78. The highest BCUT2D eigenvalue weighted by Gasteiger charge is 2.36. The minimum Gasteiger partial charge on any atom is -0.497 e. The third-order valence-electron chi connectivity index (χ3n) is 4.20. The highest BCUT2D eigenvalue weighted by molar-refractivity contribution is 5.74. The topological polar surface area (TPSA) is 47.3 Å². The zero-order chi connectivity index (χ0) is 13.3. The SMILES string of the molecule is CCC1(c2nc3cc(OC)ccc3o2)CCCNC1. The Morgan fingerprint density at radius 3 is 3.05 bits per heavy atom. The average molecular weight is 260 g/mol. The minimum atomic E-state index is 0.0461. The average Bonchev–Trinajstić information content (AvgIpc) is 2.91. The molecule has 2 heterocycles. The zero-order valence-corrected chi connectivity index (χ0v) is 11.5. The molecule has 4 nitrogen and oxygen atoms in total. The summed E-state index contributed by atoms with van der Waals surface area (Å²) >= 11 is 0. The number of nitrogens with one attached hydrogen (secondary N) is 1. The molecule has 0 aliphatic carbocycles. The number of benzene rings is 1. The van der Waals surface area contributed by atoms with Crippen molar-refractivity contribution in [3.05, 3.63) is 24.1 Å². The van der Waals surface area contributed by atoms with E-state index in [9.17, 15) is 0 Å². The molecule has 1 saturated heterocycles. The molecule has 2 aromatic rings. The smallest absolute Gasteiger partial charge is 0.202 e. The molecule has 3 rings (SSSR count). The number of aromatic nitrogens is 1. The zero-order valence-electron chi connectivity index (χ0n) is 11.5. The predicted octanol–water partition coefficient (Wildman–Crippen LogP) is 2.87. The van der Waals surface area contributed by atoms with Crippen LogP contribution in [0.4, 0.5) is 0 Å². The number of piperidine rings is 1. The minimum absolute atomic E-state index is 0.0461. The van der Waals surface area contributed by atoms with E-state index in [1.54, 1.807) is 7.11 Å². The van der Waals surface area contributed by atoms with E-state index < -0.39 is 0 Å². The summed E-state index contributed by atoms with van der Waals surface area (Å²) in [5.41, 5.74) is 1.77. The third kappa shape index (κ3) is 2.10. The van der Waals surface area contributed by atoms with Crippen LogP contribution in [0, 0.1) is 0 Å². The van der Waals surface area contributed by atoms with Gasteiger partial charge in [0.15, 0.2) is 5.58 Å². The van der Waals surface area contributed by atoms with Crippen molar-refractivity contribution < 1.29 is 9.15 Å². The fourth-order valence-corrected chi connectivity index (χ4v) is 2.86. The van der Waals surface area contributed by atoms with Gasteiger partial charge >= 0.3 is 0 Å². The summed E-state index contributed by atoms with van der Waals surface area (Å²) in [6, 6.07) is 5.78. The van der Waals surface area contributed by atoms with Gasteiger partial charge in [0.2, 0.25) is 5.89 Å². The predicted molar refractivity (Wildman–Crippen MR) is 74.6 cm³/mol. The molecule has 1 aliphatic rings. The van der Waals surface area contributed by atoms with Crippen LogP contribution in [0.5, 0.6) is 5.75 Å². The largest absolute Gasteiger partial charge is 0.497 e. The van der Waals surface area contributed by atoms with Gasteiger partial charge in [0.05, 0.1) is 12.5 Å². The van der Waals surface area contributed by atoms with Gasteiger partial charge in [-0.1, -0.05) is 6.92 Å². The lowest BCUT2D eigenvalue weighted by Crippen LogP contribution is -2.43. The van der Waals surface area contributed by atoms with Crippen LogP contribution in [-0.4, -0.2) is 25.2 Å². The van der Waals surface area contributed by atoms with E-state index in [0.717, 1.165) is 48.7 Å². The van der Waals surface area contributed by atoms with Crippen LogP contribution in [0.2, 0.25) is 0 Å². The van der Waals surface area contributed by atoms with Gasteiger partial charge in [-0.05, 0) is 37.9 Å². The van der Waals surface area contributed by atoms with Gasteiger partial charge in [0.25, 0.3) is 0 Å². The molecule has 1 aromatic heterocycles. The monoisotopic (exact) mass is 260 g/mol. The highest BCUT2D eigenvalue weighted by Crippen LogP contribution is 2.36. The first-order valence-corrected chi connectivity index (χ1v) is 6.93. The standard InChI is InChI=1S/C15H20N2O2/c1-3-15(7-4-8-16-10-15)14-17-12-9-11(18-2)5-6-13(12)19-14/h5-6,9,16H,3-4,7-8,10H2,1-2H3. The Balaban J connectivity index is 2.03. The van der Waals surface area contributed by atoms with E-state index >= 15 is 0 Å². The molecule has 1 unspecified atom stereocenters. The number of oxazole rings is 1. The van der Waals surface area contributed by atoms with Crippen molar-refractivity contribution in [2.75, 3.05) is 20.2 Å². The summed E-state index contributed by atoms with van der Waals surface area (Å²) in [5.74, 6) is 1.69. The van der Waals surface area contributed by atoms with Gasteiger partial charge in [-0.15, -0.1) is 0 Å². The number of hydrogen-bond acceptors (Lipinski definition) is 4. The van der Waals surface area contributed by atoms with Crippen molar-refractivity contribution in [3.63, 3.8) is 0 Å². The molecule has 0 spiro atoms. The molecule has 1 aliphatic heterocycles. The molecule has 4 heteroatoms. The van der Waals surface area contributed by atoms with E-state index in [-0.39, 0.29) is 5.41 Å². The number of methoxy groups -OCH3 is 1. The summed E-state index contributed by atoms with van der Waals surface area (Å²) in [7, 11) is 1.67. The molecule has 0 radical (unpaired) electrons.